The minimum Gasteiger partial charge on any atom is -0.493 e. The van der Waals surface area contributed by atoms with Gasteiger partial charge >= 0.3 is 6.03 Å². The molecule has 2 aliphatic rings. The van der Waals surface area contributed by atoms with Gasteiger partial charge in [0.25, 0.3) is 0 Å². The van der Waals surface area contributed by atoms with Gasteiger partial charge in [0.15, 0.2) is 17.2 Å². The molecule has 2 amide bonds. The fourth-order valence-corrected chi connectivity index (χ4v) is 4.16. The van der Waals surface area contributed by atoms with E-state index in [9.17, 15) is 4.79 Å². The number of carbonyl (C=O) groups is 1. The van der Waals surface area contributed by atoms with Crippen LogP contribution in [-0.2, 0) is 0 Å². The Morgan fingerprint density at radius 1 is 1.36 bits per heavy atom. The standard InChI is InChI=1S/C19H19BrN2O3/c1-11-5-4-6-13(7-11)22-18(23)21-15-10-19(22,2)25-17-14(15)8-12(20)9-16(17)24-3/h4-9,15H,10H2,1-3H3,(H,21,23). The van der Waals surface area contributed by atoms with Gasteiger partial charge in [0, 0.05) is 22.1 Å². The fourth-order valence-electron chi connectivity index (χ4n) is 3.71. The number of benzene rings is 2. The summed E-state index contributed by atoms with van der Waals surface area (Å²) in [7, 11) is 1.62. The Kier molecular flexibility index (Phi) is 3.68. The second-order valence-electron chi connectivity index (χ2n) is 6.68. The van der Waals surface area contributed by atoms with Crippen molar-refractivity contribution in [2.24, 2.45) is 0 Å². The first kappa shape index (κ1) is 16.3. The Bertz CT molecular complexity index is 870. The van der Waals surface area contributed by atoms with Crippen molar-refractivity contribution in [1.82, 2.24) is 5.32 Å². The van der Waals surface area contributed by atoms with Crippen LogP contribution in [0, 0.1) is 6.92 Å². The zero-order valence-corrected chi connectivity index (χ0v) is 15.9. The highest BCUT2D eigenvalue weighted by Gasteiger charge is 2.50. The molecule has 2 atom stereocenters. The van der Waals surface area contributed by atoms with Gasteiger partial charge in [-0.05, 0) is 43.7 Å². The molecule has 6 heteroatoms. The number of hydrogen-bond donors (Lipinski definition) is 1. The van der Waals surface area contributed by atoms with E-state index in [1.165, 1.54) is 0 Å². The number of nitrogens with zero attached hydrogens (tertiary/aromatic N) is 1. The SMILES string of the molecule is COc1cc(Br)cc2c1OC1(C)CC2NC(=O)N1c1cccc(C)c1. The van der Waals surface area contributed by atoms with Gasteiger partial charge in [0.1, 0.15) is 0 Å². The molecule has 2 aromatic carbocycles. The van der Waals surface area contributed by atoms with Crippen molar-refractivity contribution in [1.29, 1.82) is 0 Å². The molecule has 0 aromatic heterocycles. The lowest BCUT2D eigenvalue weighted by molar-refractivity contribution is 0.0349. The highest BCUT2D eigenvalue weighted by atomic mass is 79.9. The second-order valence-corrected chi connectivity index (χ2v) is 7.60. The van der Waals surface area contributed by atoms with Crippen LogP contribution in [0.2, 0.25) is 0 Å². The van der Waals surface area contributed by atoms with Crippen molar-refractivity contribution < 1.29 is 14.3 Å². The average molecular weight is 403 g/mol. The Labute approximate surface area is 155 Å². The third-order valence-corrected chi connectivity index (χ3v) is 5.24. The van der Waals surface area contributed by atoms with Crippen LogP contribution in [0.4, 0.5) is 10.5 Å². The molecule has 1 fully saturated rings. The molecular formula is C19H19BrN2O3. The van der Waals surface area contributed by atoms with Crippen LogP contribution < -0.4 is 19.7 Å². The number of ether oxygens (including phenoxy) is 2. The van der Waals surface area contributed by atoms with Crippen molar-refractivity contribution in [3.63, 3.8) is 0 Å². The number of amides is 2. The van der Waals surface area contributed by atoms with Crippen LogP contribution in [0.15, 0.2) is 40.9 Å². The lowest BCUT2D eigenvalue weighted by Gasteiger charge is -2.50. The summed E-state index contributed by atoms with van der Waals surface area (Å²) in [5.74, 6) is 1.34. The monoisotopic (exact) mass is 402 g/mol. The van der Waals surface area contributed by atoms with Crippen molar-refractivity contribution in [3.8, 4) is 11.5 Å². The highest BCUT2D eigenvalue weighted by molar-refractivity contribution is 9.10. The molecule has 5 nitrogen and oxygen atoms in total. The van der Waals surface area contributed by atoms with Crippen LogP contribution in [0.5, 0.6) is 11.5 Å². The molecule has 0 aliphatic carbocycles. The van der Waals surface area contributed by atoms with E-state index < -0.39 is 5.72 Å². The average Bonchev–Trinajstić information content (AvgIpc) is 2.54. The van der Waals surface area contributed by atoms with Crippen LogP contribution in [0.1, 0.15) is 30.5 Å². The van der Waals surface area contributed by atoms with E-state index in [4.69, 9.17) is 9.47 Å². The molecule has 130 valence electrons. The first-order valence-corrected chi connectivity index (χ1v) is 8.94. The Morgan fingerprint density at radius 3 is 2.88 bits per heavy atom. The molecule has 1 saturated heterocycles. The Balaban J connectivity index is 1.84. The summed E-state index contributed by atoms with van der Waals surface area (Å²) in [6.07, 6.45) is 0.652. The number of aryl methyl sites for hydroxylation is 1. The zero-order valence-electron chi connectivity index (χ0n) is 14.3. The van der Waals surface area contributed by atoms with E-state index in [0.29, 0.717) is 17.9 Å². The first-order valence-electron chi connectivity index (χ1n) is 8.15. The maximum Gasteiger partial charge on any atom is 0.325 e. The van der Waals surface area contributed by atoms with Crippen LogP contribution in [0.25, 0.3) is 0 Å². The number of methoxy groups -OCH3 is 1. The van der Waals surface area contributed by atoms with E-state index >= 15 is 0 Å². The molecule has 1 N–H and O–H groups in total. The number of fused-ring (bicyclic) bond motifs is 4. The Hall–Kier alpha value is -2.21. The molecule has 2 bridgehead atoms. The van der Waals surface area contributed by atoms with Gasteiger partial charge in [-0.15, -0.1) is 0 Å². The molecule has 2 heterocycles. The zero-order chi connectivity index (χ0) is 17.8. The van der Waals surface area contributed by atoms with Crippen molar-refractivity contribution >= 4 is 27.6 Å². The van der Waals surface area contributed by atoms with E-state index in [2.05, 4.69) is 21.2 Å². The van der Waals surface area contributed by atoms with Crippen molar-refractivity contribution in [2.75, 3.05) is 12.0 Å². The lowest BCUT2D eigenvalue weighted by atomic mass is 9.90. The molecule has 25 heavy (non-hydrogen) atoms. The van der Waals surface area contributed by atoms with Crippen molar-refractivity contribution in [2.45, 2.75) is 32.0 Å². The van der Waals surface area contributed by atoms with E-state index in [1.807, 2.05) is 50.2 Å². The third-order valence-electron chi connectivity index (χ3n) is 4.78. The van der Waals surface area contributed by atoms with Crippen LogP contribution >= 0.6 is 15.9 Å². The van der Waals surface area contributed by atoms with Gasteiger partial charge in [0.2, 0.25) is 0 Å². The number of carbonyl (C=O) groups excluding carboxylic acids is 1. The summed E-state index contributed by atoms with van der Waals surface area (Å²) in [6, 6.07) is 11.4. The van der Waals surface area contributed by atoms with E-state index in [0.717, 1.165) is 21.3 Å². The van der Waals surface area contributed by atoms with Gasteiger partial charge < -0.3 is 14.8 Å². The maximum atomic E-state index is 12.9. The summed E-state index contributed by atoms with van der Waals surface area (Å²) in [6.45, 7) is 3.96. The van der Waals surface area contributed by atoms with Gasteiger partial charge in [-0.1, -0.05) is 28.1 Å². The quantitative estimate of drug-likeness (QED) is 0.802. The summed E-state index contributed by atoms with van der Waals surface area (Å²) in [4.78, 5) is 14.6. The smallest absolute Gasteiger partial charge is 0.325 e. The molecule has 0 saturated carbocycles. The largest absolute Gasteiger partial charge is 0.493 e. The molecule has 2 aliphatic heterocycles. The molecule has 2 unspecified atom stereocenters. The molecule has 2 aromatic rings. The highest BCUT2D eigenvalue weighted by Crippen LogP contribution is 2.50. The third kappa shape index (κ3) is 2.56. The Morgan fingerprint density at radius 2 is 2.16 bits per heavy atom. The van der Waals surface area contributed by atoms with Gasteiger partial charge in [-0.3, -0.25) is 4.90 Å². The number of anilines is 1. The van der Waals surface area contributed by atoms with Gasteiger partial charge in [0.05, 0.1) is 13.2 Å². The van der Waals surface area contributed by atoms with Crippen LogP contribution in [-0.4, -0.2) is 18.9 Å². The molecule has 4 rings (SSSR count). The first-order chi connectivity index (χ1) is 11.9. The fraction of sp³-hybridized carbons (Fsp3) is 0.316. The predicted molar refractivity (Wildman–Crippen MR) is 99.3 cm³/mol. The molecular weight excluding hydrogens is 384 g/mol. The van der Waals surface area contributed by atoms with Crippen LogP contribution in [0.3, 0.4) is 0 Å². The summed E-state index contributed by atoms with van der Waals surface area (Å²) >= 11 is 3.50. The number of hydrogen-bond acceptors (Lipinski definition) is 3. The summed E-state index contributed by atoms with van der Waals surface area (Å²) in [5, 5.41) is 3.11. The lowest BCUT2D eigenvalue weighted by Crippen LogP contribution is -2.65. The second kappa shape index (κ2) is 5.66. The topological polar surface area (TPSA) is 50.8 Å². The van der Waals surface area contributed by atoms with Gasteiger partial charge in [-0.25, -0.2) is 4.79 Å². The number of urea groups is 1. The normalized spacial score (nSPS) is 24.2. The minimum atomic E-state index is -0.783. The maximum absolute atomic E-state index is 12.9. The predicted octanol–water partition coefficient (Wildman–Crippen LogP) is 4.54. The summed E-state index contributed by atoms with van der Waals surface area (Å²) < 4.78 is 12.8. The van der Waals surface area contributed by atoms with Crippen molar-refractivity contribution in [3.05, 3.63) is 52.0 Å². The molecule has 0 spiro atoms. The van der Waals surface area contributed by atoms with Gasteiger partial charge in [-0.2, -0.15) is 0 Å². The molecule has 0 radical (unpaired) electrons. The number of nitrogens with one attached hydrogen (secondary N) is 1. The summed E-state index contributed by atoms with van der Waals surface area (Å²) in [5.41, 5.74) is 2.06. The number of halogens is 1. The van der Waals surface area contributed by atoms with E-state index in [-0.39, 0.29) is 12.1 Å². The van der Waals surface area contributed by atoms with E-state index in [1.54, 1.807) is 12.0 Å². The number of rotatable bonds is 2. The minimum absolute atomic E-state index is 0.117.